The van der Waals surface area contributed by atoms with Gasteiger partial charge in [0.2, 0.25) is 0 Å². The molecule has 0 spiro atoms. The van der Waals surface area contributed by atoms with Crippen molar-refractivity contribution in [2.75, 3.05) is 13.2 Å². The van der Waals surface area contributed by atoms with Gasteiger partial charge in [-0.15, -0.1) is 0 Å². The van der Waals surface area contributed by atoms with Crippen LogP contribution in [0.1, 0.15) is 28.5 Å². The highest BCUT2D eigenvalue weighted by atomic mass is 16.5. The highest BCUT2D eigenvalue weighted by Crippen LogP contribution is 2.15. The Labute approximate surface area is 170 Å². The van der Waals surface area contributed by atoms with E-state index in [1.54, 1.807) is 23.2 Å². The van der Waals surface area contributed by atoms with Crippen molar-refractivity contribution < 1.29 is 19.1 Å². The lowest BCUT2D eigenvalue weighted by Crippen LogP contribution is -2.34. The van der Waals surface area contributed by atoms with Crippen molar-refractivity contribution in [3.05, 3.63) is 89.7 Å². The largest absolute Gasteiger partial charge is 0.489 e. The molecule has 3 aromatic rings. The molecule has 0 aliphatic carbocycles. The second kappa shape index (κ2) is 10.1. The maximum Gasteiger partial charge on any atom is 0.355 e. The minimum Gasteiger partial charge on any atom is -0.489 e. The molecule has 0 aliphatic heterocycles. The number of carbonyl (C=O) groups excluding carboxylic acids is 2. The number of nitrogens with zero attached hydrogens (tertiary/aromatic N) is 1. The summed E-state index contributed by atoms with van der Waals surface area (Å²) in [6, 6.07) is 20.9. The number of amides is 1. The van der Waals surface area contributed by atoms with Gasteiger partial charge in [-0.2, -0.15) is 0 Å². The first-order valence-corrected chi connectivity index (χ1v) is 9.49. The average Bonchev–Trinajstić information content (AvgIpc) is 3.31. The smallest absolute Gasteiger partial charge is 0.355 e. The average molecular weight is 392 g/mol. The Morgan fingerprint density at radius 3 is 2.34 bits per heavy atom. The van der Waals surface area contributed by atoms with E-state index >= 15 is 0 Å². The van der Waals surface area contributed by atoms with E-state index in [-0.39, 0.29) is 12.5 Å². The van der Waals surface area contributed by atoms with E-state index in [1.807, 2.05) is 61.5 Å². The number of likely N-dealkylation sites (N-methyl/N-ethyl adjacent to an activating group) is 1. The molecule has 6 nitrogen and oxygen atoms in total. The van der Waals surface area contributed by atoms with Crippen molar-refractivity contribution in [2.45, 2.75) is 20.1 Å². The van der Waals surface area contributed by atoms with Crippen LogP contribution >= 0.6 is 0 Å². The highest BCUT2D eigenvalue weighted by Gasteiger charge is 2.16. The van der Waals surface area contributed by atoms with Gasteiger partial charge in [-0.05, 0) is 42.3 Å². The lowest BCUT2D eigenvalue weighted by atomic mass is 10.2. The van der Waals surface area contributed by atoms with Gasteiger partial charge in [-0.3, -0.25) is 4.79 Å². The van der Waals surface area contributed by atoms with Crippen molar-refractivity contribution in [3.8, 4) is 5.75 Å². The Balaban J connectivity index is 1.49. The number of carbonyl (C=O) groups is 2. The van der Waals surface area contributed by atoms with Crippen LogP contribution in [0.5, 0.6) is 5.75 Å². The standard InChI is InChI=1S/C23H24N2O4/c1-2-25(22(26)17-29-23(27)21-9-6-14-24-21)15-18-10-12-20(13-11-18)28-16-19-7-4-3-5-8-19/h3-14,24H,2,15-17H2,1H3. The summed E-state index contributed by atoms with van der Waals surface area (Å²) < 4.78 is 10.9. The van der Waals surface area contributed by atoms with E-state index in [9.17, 15) is 9.59 Å². The Morgan fingerprint density at radius 1 is 0.931 bits per heavy atom. The normalized spacial score (nSPS) is 10.4. The third-order valence-electron chi connectivity index (χ3n) is 4.42. The number of H-pyrrole nitrogens is 1. The van der Waals surface area contributed by atoms with Crippen LogP contribution in [-0.2, 0) is 22.7 Å². The maximum absolute atomic E-state index is 12.4. The lowest BCUT2D eigenvalue weighted by molar-refractivity contribution is -0.134. The number of hydrogen-bond donors (Lipinski definition) is 1. The SMILES string of the molecule is CCN(Cc1ccc(OCc2ccccc2)cc1)C(=O)COC(=O)c1ccc[nH]1. The summed E-state index contributed by atoms with van der Waals surface area (Å²) in [4.78, 5) is 28.6. The monoisotopic (exact) mass is 392 g/mol. The van der Waals surface area contributed by atoms with E-state index in [0.29, 0.717) is 25.4 Å². The summed E-state index contributed by atoms with van der Waals surface area (Å²) in [5.41, 5.74) is 2.41. The fraction of sp³-hybridized carbons (Fsp3) is 0.217. The summed E-state index contributed by atoms with van der Waals surface area (Å²) in [6.45, 7) is 3.07. The lowest BCUT2D eigenvalue weighted by Gasteiger charge is -2.21. The number of rotatable bonds is 9. The molecule has 29 heavy (non-hydrogen) atoms. The van der Waals surface area contributed by atoms with Gasteiger partial charge in [0.15, 0.2) is 6.61 Å². The molecule has 3 rings (SSSR count). The molecule has 1 aromatic heterocycles. The molecule has 0 atom stereocenters. The van der Waals surface area contributed by atoms with Crippen molar-refractivity contribution in [3.63, 3.8) is 0 Å². The number of hydrogen-bond acceptors (Lipinski definition) is 4. The zero-order chi connectivity index (χ0) is 20.5. The van der Waals surface area contributed by atoms with Gasteiger partial charge in [0.25, 0.3) is 5.91 Å². The summed E-state index contributed by atoms with van der Waals surface area (Å²) in [7, 11) is 0. The van der Waals surface area contributed by atoms with Gasteiger partial charge in [0, 0.05) is 19.3 Å². The topological polar surface area (TPSA) is 71.6 Å². The van der Waals surface area contributed by atoms with Gasteiger partial charge in [0.05, 0.1) is 0 Å². The summed E-state index contributed by atoms with van der Waals surface area (Å²) in [6.07, 6.45) is 1.63. The van der Waals surface area contributed by atoms with Crippen molar-refractivity contribution in [2.24, 2.45) is 0 Å². The molecule has 0 radical (unpaired) electrons. The van der Waals surface area contributed by atoms with E-state index < -0.39 is 5.97 Å². The second-order valence-corrected chi connectivity index (χ2v) is 6.49. The minimum absolute atomic E-state index is 0.239. The Kier molecular flexibility index (Phi) is 7.05. The van der Waals surface area contributed by atoms with Gasteiger partial charge in [-0.25, -0.2) is 4.79 Å². The van der Waals surface area contributed by atoms with Gasteiger partial charge in [-0.1, -0.05) is 42.5 Å². The first kappa shape index (κ1) is 20.2. The Morgan fingerprint density at radius 2 is 1.69 bits per heavy atom. The first-order valence-electron chi connectivity index (χ1n) is 9.49. The number of ether oxygens (including phenoxy) is 2. The molecule has 1 amide bonds. The van der Waals surface area contributed by atoms with Crippen LogP contribution < -0.4 is 4.74 Å². The van der Waals surface area contributed by atoms with Gasteiger partial charge < -0.3 is 19.4 Å². The fourth-order valence-electron chi connectivity index (χ4n) is 2.78. The van der Waals surface area contributed by atoms with Crippen LogP contribution in [-0.4, -0.2) is 34.9 Å². The van der Waals surface area contributed by atoms with E-state index in [4.69, 9.17) is 9.47 Å². The number of aromatic nitrogens is 1. The van der Waals surface area contributed by atoms with Gasteiger partial charge >= 0.3 is 5.97 Å². The summed E-state index contributed by atoms with van der Waals surface area (Å²) >= 11 is 0. The van der Waals surface area contributed by atoms with E-state index in [0.717, 1.165) is 16.9 Å². The zero-order valence-electron chi connectivity index (χ0n) is 16.3. The van der Waals surface area contributed by atoms with Crippen LogP contribution in [0.3, 0.4) is 0 Å². The summed E-state index contributed by atoms with van der Waals surface area (Å²) in [5, 5.41) is 0. The number of aromatic amines is 1. The van der Waals surface area contributed by atoms with Crippen molar-refractivity contribution in [1.29, 1.82) is 0 Å². The number of nitrogens with one attached hydrogen (secondary N) is 1. The maximum atomic E-state index is 12.4. The number of benzene rings is 2. The third-order valence-corrected chi connectivity index (χ3v) is 4.42. The third kappa shape index (κ3) is 5.97. The van der Waals surface area contributed by atoms with E-state index in [2.05, 4.69) is 4.98 Å². The molecule has 0 unspecified atom stereocenters. The van der Waals surface area contributed by atoms with E-state index in [1.165, 1.54) is 0 Å². The van der Waals surface area contributed by atoms with Crippen LogP contribution in [0.4, 0.5) is 0 Å². The highest BCUT2D eigenvalue weighted by molar-refractivity contribution is 5.89. The molecule has 0 bridgehead atoms. The van der Waals surface area contributed by atoms with Crippen LogP contribution in [0, 0.1) is 0 Å². The van der Waals surface area contributed by atoms with Crippen LogP contribution in [0.2, 0.25) is 0 Å². The molecule has 1 heterocycles. The predicted molar refractivity (Wildman–Crippen MR) is 109 cm³/mol. The van der Waals surface area contributed by atoms with Gasteiger partial charge in [0.1, 0.15) is 18.1 Å². The van der Waals surface area contributed by atoms with Crippen LogP contribution in [0.15, 0.2) is 72.9 Å². The first-order chi connectivity index (χ1) is 14.2. The molecular formula is C23H24N2O4. The molecule has 0 saturated heterocycles. The van der Waals surface area contributed by atoms with Crippen LogP contribution in [0.25, 0.3) is 0 Å². The number of esters is 1. The molecule has 0 aliphatic rings. The molecule has 1 N–H and O–H groups in total. The predicted octanol–water partition coefficient (Wildman–Crippen LogP) is 3.80. The van der Waals surface area contributed by atoms with Crippen molar-refractivity contribution in [1.82, 2.24) is 9.88 Å². The Hall–Kier alpha value is -3.54. The minimum atomic E-state index is -0.542. The Bertz CT molecular complexity index is 906. The molecule has 150 valence electrons. The zero-order valence-corrected chi connectivity index (χ0v) is 16.3. The second-order valence-electron chi connectivity index (χ2n) is 6.49. The molecule has 2 aromatic carbocycles. The quantitative estimate of drug-likeness (QED) is 0.562. The molecule has 0 saturated carbocycles. The van der Waals surface area contributed by atoms with Crippen molar-refractivity contribution >= 4 is 11.9 Å². The fourth-order valence-corrected chi connectivity index (χ4v) is 2.78. The summed E-state index contributed by atoms with van der Waals surface area (Å²) in [5.74, 6) is -0.0111. The molecule has 0 fully saturated rings. The molecular weight excluding hydrogens is 368 g/mol. The molecule has 6 heteroatoms.